The Morgan fingerprint density at radius 3 is 2.24 bits per heavy atom. The van der Waals surface area contributed by atoms with Crippen LogP contribution in [0, 0.1) is 11.8 Å². The minimum Gasteiger partial charge on any atom is -0.310 e. The summed E-state index contributed by atoms with van der Waals surface area (Å²) in [7, 11) is 0. The number of rotatable bonds is 4. The molecule has 2 heteroatoms. The molecular weight excluding hydrogens is 575 g/mol. The molecule has 2 aliphatic rings. The second kappa shape index (κ2) is 10.3. The molecule has 0 saturated carbocycles. The van der Waals surface area contributed by atoms with Gasteiger partial charge in [0.2, 0.25) is 0 Å². The van der Waals surface area contributed by atoms with Gasteiger partial charge in [-0.1, -0.05) is 117 Å². The highest BCUT2D eigenvalue weighted by Gasteiger charge is 2.37. The Morgan fingerprint density at radius 2 is 1.37 bits per heavy atom. The molecule has 9 rings (SSSR count). The zero-order valence-electron chi connectivity index (χ0n) is 25.8. The molecule has 1 aromatic heterocycles. The second-order valence-corrected chi connectivity index (χ2v) is 13.8. The van der Waals surface area contributed by atoms with E-state index < -0.39 is 0 Å². The summed E-state index contributed by atoms with van der Waals surface area (Å²) in [5.74, 6) is 6.61. The maximum absolute atomic E-state index is 3.35. The Labute approximate surface area is 274 Å². The first-order valence-electron chi connectivity index (χ1n) is 15.9. The summed E-state index contributed by atoms with van der Waals surface area (Å²) >= 11 is 1.92. The molecule has 0 amide bonds. The summed E-state index contributed by atoms with van der Waals surface area (Å²) in [6, 6.07) is 46.9. The minimum atomic E-state index is -0.0801. The first-order chi connectivity index (χ1) is 22.6. The first kappa shape index (κ1) is 27.0. The van der Waals surface area contributed by atoms with Crippen LogP contribution in [0.5, 0.6) is 0 Å². The molecule has 218 valence electrons. The van der Waals surface area contributed by atoms with E-state index in [0.717, 1.165) is 34.6 Å². The zero-order valence-corrected chi connectivity index (χ0v) is 26.7. The van der Waals surface area contributed by atoms with Gasteiger partial charge in [0, 0.05) is 60.2 Å². The van der Waals surface area contributed by atoms with Crippen LogP contribution in [0.25, 0.3) is 48.5 Å². The van der Waals surface area contributed by atoms with E-state index >= 15 is 0 Å². The number of fused-ring (bicyclic) bond motifs is 8. The van der Waals surface area contributed by atoms with Gasteiger partial charge in [0.15, 0.2) is 0 Å². The molecule has 0 N–H and O–H groups in total. The van der Waals surface area contributed by atoms with Gasteiger partial charge in [0.25, 0.3) is 0 Å². The van der Waals surface area contributed by atoms with Gasteiger partial charge in [0.05, 0.1) is 0 Å². The van der Waals surface area contributed by atoms with Crippen LogP contribution in [0.2, 0.25) is 0 Å². The predicted molar refractivity (Wildman–Crippen MR) is 198 cm³/mol. The van der Waals surface area contributed by atoms with Crippen molar-refractivity contribution in [3.63, 3.8) is 0 Å². The monoisotopic (exact) mass is 605 g/mol. The molecule has 0 atom stereocenters. The predicted octanol–water partition coefficient (Wildman–Crippen LogP) is 12.3. The highest BCUT2D eigenvalue weighted by molar-refractivity contribution is 7.26. The Bertz CT molecular complexity index is 2410. The summed E-state index contributed by atoms with van der Waals surface area (Å²) in [5, 5.41) is 2.69. The summed E-state index contributed by atoms with van der Waals surface area (Å²) in [4.78, 5) is 2.40. The van der Waals surface area contributed by atoms with E-state index in [-0.39, 0.29) is 5.41 Å². The largest absolute Gasteiger partial charge is 0.310 e. The third-order valence-corrected chi connectivity index (χ3v) is 10.9. The van der Waals surface area contributed by atoms with Gasteiger partial charge in [-0.15, -0.1) is 11.3 Å². The van der Waals surface area contributed by atoms with Gasteiger partial charge in [-0.3, -0.25) is 0 Å². The van der Waals surface area contributed by atoms with Crippen LogP contribution in [0.1, 0.15) is 42.5 Å². The van der Waals surface area contributed by atoms with Crippen LogP contribution in [0.15, 0.2) is 133 Å². The van der Waals surface area contributed by atoms with Gasteiger partial charge >= 0.3 is 0 Å². The molecule has 0 radical (unpaired) electrons. The lowest BCUT2D eigenvalue weighted by Crippen LogP contribution is -2.15. The fourth-order valence-electron chi connectivity index (χ4n) is 7.36. The molecule has 0 saturated heterocycles. The number of allylic oxidation sites excluding steroid dienone is 1. The van der Waals surface area contributed by atoms with E-state index in [2.05, 4.69) is 170 Å². The van der Waals surface area contributed by atoms with Crippen molar-refractivity contribution in [1.82, 2.24) is 0 Å². The third kappa shape index (κ3) is 4.17. The van der Waals surface area contributed by atoms with Crippen molar-refractivity contribution in [3.8, 4) is 34.1 Å². The molecular formula is C44H31NS. The second-order valence-electron chi connectivity index (χ2n) is 12.7. The number of hydrogen-bond donors (Lipinski definition) is 0. The van der Waals surface area contributed by atoms with Crippen LogP contribution >= 0.6 is 11.3 Å². The average molecular weight is 606 g/mol. The molecule has 6 aromatic carbocycles. The minimum absolute atomic E-state index is 0.0801. The maximum atomic E-state index is 3.35. The Morgan fingerprint density at radius 1 is 0.652 bits per heavy atom. The Balaban J connectivity index is 1.25. The van der Waals surface area contributed by atoms with Crippen LogP contribution in [-0.2, 0) is 5.41 Å². The van der Waals surface area contributed by atoms with E-state index in [4.69, 9.17) is 0 Å². The molecule has 46 heavy (non-hydrogen) atoms. The van der Waals surface area contributed by atoms with Crippen molar-refractivity contribution in [2.75, 3.05) is 4.90 Å². The van der Waals surface area contributed by atoms with Gasteiger partial charge < -0.3 is 4.90 Å². The topological polar surface area (TPSA) is 3.24 Å². The summed E-state index contributed by atoms with van der Waals surface area (Å²) in [6.45, 7) is 4.74. The van der Waals surface area contributed by atoms with Crippen molar-refractivity contribution in [2.45, 2.75) is 25.7 Å². The van der Waals surface area contributed by atoms with E-state index in [1.165, 1.54) is 53.6 Å². The highest BCUT2D eigenvalue weighted by Crippen LogP contribution is 2.55. The quantitative estimate of drug-likeness (QED) is 0.180. The molecule has 0 aliphatic heterocycles. The van der Waals surface area contributed by atoms with Crippen molar-refractivity contribution in [2.24, 2.45) is 0 Å². The van der Waals surface area contributed by atoms with E-state index in [1.807, 2.05) is 11.3 Å². The number of thiophene rings is 1. The van der Waals surface area contributed by atoms with Crippen molar-refractivity contribution in [1.29, 1.82) is 0 Å². The molecule has 0 unspecified atom stereocenters. The number of anilines is 3. The lowest BCUT2D eigenvalue weighted by atomic mass is 9.82. The van der Waals surface area contributed by atoms with Crippen molar-refractivity contribution >= 4 is 54.6 Å². The van der Waals surface area contributed by atoms with E-state index in [0.29, 0.717) is 0 Å². The van der Waals surface area contributed by atoms with Gasteiger partial charge in [-0.05, 0) is 81.9 Å². The molecule has 1 nitrogen and oxygen atoms in total. The first-order valence-corrected chi connectivity index (χ1v) is 16.7. The lowest BCUT2D eigenvalue weighted by Gasteiger charge is -2.28. The molecule has 0 fully saturated rings. The third-order valence-electron chi connectivity index (χ3n) is 9.69. The van der Waals surface area contributed by atoms with Crippen LogP contribution < -0.4 is 4.90 Å². The van der Waals surface area contributed by atoms with Crippen LogP contribution in [0.3, 0.4) is 0 Å². The summed E-state index contributed by atoms with van der Waals surface area (Å²) in [6.07, 6.45) is 5.13. The molecule has 0 bridgehead atoms. The number of nitrogens with zero attached hydrogens (tertiary/aromatic N) is 1. The molecule has 1 heterocycles. The Kier molecular flexibility index (Phi) is 6.07. The SMILES string of the molecule is CC1(C)c2ccc(N(c3ccc(-c4ccccc4)cc3)c3ccc4c(c3)C=CCC#C4)cc2-c2c1ccc1c2sc2ccccc21. The summed E-state index contributed by atoms with van der Waals surface area (Å²) in [5.41, 5.74) is 13.5. The van der Waals surface area contributed by atoms with Crippen molar-refractivity contribution < 1.29 is 0 Å². The maximum Gasteiger partial charge on any atom is 0.0468 e. The van der Waals surface area contributed by atoms with E-state index in [9.17, 15) is 0 Å². The van der Waals surface area contributed by atoms with Crippen molar-refractivity contribution in [3.05, 3.63) is 156 Å². The standard InChI is InChI=1S/C44H31NS/c1-44(2)39-25-23-35(28-38(39)42-40(44)26-24-37-36-15-9-10-16-41(36)46-43(37)42)45(34-22-19-30-13-7-4-8-14-32(30)27-34)33-20-17-31(18-21-33)29-11-5-3-6-12-29/h3,5-6,8-12,14-28H,4H2,1-2H3. The van der Waals surface area contributed by atoms with Crippen LogP contribution in [0.4, 0.5) is 17.1 Å². The molecule has 7 aromatic rings. The van der Waals surface area contributed by atoms with Gasteiger partial charge in [-0.25, -0.2) is 0 Å². The fraction of sp³-hybridized carbons (Fsp3) is 0.0909. The molecule has 2 aliphatic carbocycles. The zero-order chi connectivity index (χ0) is 30.8. The van der Waals surface area contributed by atoms with Crippen LogP contribution in [-0.4, -0.2) is 0 Å². The average Bonchev–Trinajstić information content (AvgIpc) is 3.45. The normalized spacial score (nSPS) is 13.9. The number of benzene rings is 6. The number of hydrogen-bond acceptors (Lipinski definition) is 2. The van der Waals surface area contributed by atoms with E-state index in [1.54, 1.807) is 0 Å². The van der Waals surface area contributed by atoms with Gasteiger partial charge in [0.1, 0.15) is 0 Å². The summed E-state index contributed by atoms with van der Waals surface area (Å²) < 4.78 is 2.73. The molecule has 0 spiro atoms. The smallest absolute Gasteiger partial charge is 0.0468 e. The highest BCUT2D eigenvalue weighted by atomic mass is 32.1. The fourth-order valence-corrected chi connectivity index (χ4v) is 8.62. The Hall–Kier alpha value is -5.36. The lowest BCUT2D eigenvalue weighted by molar-refractivity contribution is 0.661. The van der Waals surface area contributed by atoms with Gasteiger partial charge in [-0.2, -0.15) is 0 Å².